The minimum atomic E-state index is -0.225. The van der Waals surface area contributed by atoms with E-state index in [4.69, 9.17) is 9.47 Å². The molecule has 0 heterocycles. The fraction of sp³-hybridized carbons (Fsp3) is 0.588. The Morgan fingerprint density at radius 3 is 1.95 bits per heavy atom. The fourth-order valence-electron chi connectivity index (χ4n) is 3.54. The van der Waals surface area contributed by atoms with Crippen LogP contribution < -0.4 is 9.47 Å². The highest BCUT2D eigenvalue weighted by Gasteiger charge is 2.51. The largest absolute Gasteiger partial charge is 0.497 e. The second-order valence-electron chi connectivity index (χ2n) is 6.66. The molecule has 0 saturated heterocycles. The second kappa shape index (κ2) is 4.80. The van der Waals surface area contributed by atoms with E-state index >= 15 is 0 Å². The third-order valence-electron chi connectivity index (χ3n) is 5.32. The molecule has 0 radical (unpaired) electrons. The van der Waals surface area contributed by atoms with Crippen molar-refractivity contribution in [3.63, 3.8) is 0 Å². The van der Waals surface area contributed by atoms with Crippen LogP contribution >= 0.6 is 0 Å². The first kappa shape index (κ1) is 13.5. The van der Waals surface area contributed by atoms with E-state index in [1.807, 2.05) is 12.1 Å². The second-order valence-corrected chi connectivity index (χ2v) is 6.66. The van der Waals surface area contributed by atoms with Gasteiger partial charge in [0.15, 0.2) is 0 Å². The summed E-state index contributed by atoms with van der Waals surface area (Å²) in [5, 5.41) is 0. The molecule has 0 spiro atoms. The maximum absolute atomic E-state index is 12.6. The van der Waals surface area contributed by atoms with E-state index in [-0.39, 0.29) is 11.4 Å². The van der Waals surface area contributed by atoms with Gasteiger partial charge in [-0.05, 0) is 68.2 Å². The molecular formula is C17H22O3. The molecule has 0 N–H and O–H groups in total. The maximum atomic E-state index is 12.6. The van der Waals surface area contributed by atoms with Gasteiger partial charge in [-0.25, -0.2) is 0 Å². The van der Waals surface area contributed by atoms with Crippen LogP contribution in [0.25, 0.3) is 0 Å². The van der Waals surface area contributed by atoms with Gasteiger partial charge in [-0.2, -0.15) is 0 Å². The summed E-state index contributed by atoms with van der Waals surface area (Å²) in [6.45, 7) is 2.35. The lowest BCUT2D eigenvalue weighted by Gasteiger charge is -2.50. The fourth-order valence-corrected chi connectivity index (χ4v) is 3.54. The predicted molar refractivity (Wildman–Crippen MR) is 76.9 cm³/mol. The first-order chi connectivity index (χ1) is 9.55. The van der Waals surface area contributed by atoms with Crippen LogP contribution in [0.15, 0.2) is 24.3 Å². The van der Waals surface area contributed by atoms with E-state index in [2.05, 4.69) is 6.92 Å². The van der Waals surface area contributed by atoms with Crippen LogP contribution in [0.5, 0.6) is 11.5 Å². The highest BCUT2D eigenvalue weighted by Crippen LogP contribution is 2.57. The Morgan fingerprint density at radius 1 is 0.950 bits per heavy atom. The number of hydrogen-bond acceptors (Lipinski definition) is 3. The van der Waals surface area contributed by atoms with Gasteiger partial charge in [0.1, 0.15) is 11.5 Å². The van der Waals surface area contributed by atoms with Crippen molar-refractivity contribution in [1.82, 2.24) is 0 Å². The molecule has 3 fully saturated rings. The van der Waals surface area contributed by atoms with Crippen LogP contribution in [-0.4, -0.2) is 13.1 Å². The summed E-state index contributed by atoms with van der Waals surface area (Å²) >= 11 is 0. The van der Waals surface area contributed by atoms with Gasteiger partial charge in [0.2, 0.25) is 0 Å². The quantitative estimate of drug-likeness (QED) is 0.618. The summed E-state index contributed by atoms with van der Waals surface area (Å²) in [5.41, 5.74) is 0.250. The number of carbonyl (C=O) groups is 1. The minimum absolute atomic E-state index is 0.0376. The van der Waals surface area contributed by atoms with Gasteiger partial charge in [-0.3, -0.25) is 4.79 Å². The number of fused-ring (bicyclic) bond motifs is 3. The molecule has 1 aromatic rings. The standard InChI is InChI=1S/C17H22O3/c1-16-7-10-17(11-8-16,12-9-16)15(18)20-14-5-3-13(19-2)4-6-14/h3-6H,7-12H2,1-2H3. The monoisotopic (exact) mass is 274 g/mol. The summed E-state index contributed by atoms with van der Waals surface area (Å²) in [6, 6.07) is 7.23. The summed E-state index contributed by atoms with van der Waals surface area (Å²) in [5.74, 6) is 1.35. The van der Waals surface area contributed by atoms with Crippen molar-refractivity contribution >= 4 is 5.97 Å². The number of esters is 1. The van der Waals surface area contributed by atoms with Crippen molar-refractivity contribution < 1.29 is 14.3 Å². The van der Waals surface area contributed by atoms with Crippen LogP contribution in [0.1, 0.15) is 45.4 Å². The first-order valence-electron chi connectivity index (χ1n) is 7.42. The van der Waals surface area contributed by atoms with Gasteiger partial charge in [-0.15, -0.1) is 0 Å². The minimum Gasteiger partial charge on any atom is -0.497 e. The van der Waals surface area contributed by atoms with E-state index in [9.17, 15) is 4.79 Å². The van der Waals surface area contributed by atoms with E-state index in [0.29, 0.717) is 11.2 Å². The topological polar surface area (TPSA) is 35.5 Å². The number of benzene rings is 1. The van der Waals surface area contributed by atoms with Gasteiger partial charge >= 0.3 is 5.97 Å². The Labute approximate surface area is 120 Å². The van der Waals surface area contributed by atoms with Gasteiger partial charge in [0, 0.05) is 0 Å². The normalized spacial score (nSPS) is 31.9. The van der Waals surface area contributed by atoms with Crippen molar-refractivity contribution in [2.24, 2.45) is 10.8 Å². The molecule has 1 aromatic carbocycles. The Kier molecular flexibility index (Phi) is 3.23. The lowest BCUT2D eigenvalue weighted by atomic mass is 9.54. The zero-order valence-electron chi connectivity index (χ0n) is 12.3. The molecule has 2 bridgehead atoms. The summed E-state index contributed by atoms with van der Waals surface area (Å²) < 4.78 is 10.7. The predicted octanol–water partition coefficient (Wildman–Crippen LogP) is 3.96. The Hall–Kier alpha value is -1.51. The molecule has 0 atom stereocenters. The van der Waals surface area contributed by atoms with Crippen LogP contribution in [0.2, 0.25) is 0 Å². The summed E-state index contributed by atoms with van der Waals surface area (Å²) in [4.78, 5) is 12.6. The van der Waals surface area contributed by atoms with Crippen LogP contribution in [0.3, 0.4) is 0 Å². The first-order valence-corrected chi connectivity index (χ1v) is 7.42. The molecule has 3 saturated carbocycles. The van der Waals surface area contributed by atoms with Crippen molar-refractivity contribution in [3.8, 4) is 11.5 Å². The molecule has 0 unspecified atom stereocenters. The summed E-state index contributed by atoms with van der Waals surface area (Å²) in [7, 11) is 1.63. The molecule has 0 aliphatic heterocycles. The average Bonchev–Trinajstić information content (AvgIpc) is 2.49. The molecule has 3 nitrogen and oxygen atoms in total. The molecule has 108 valence electrons. The van der Waals surface area contributed by atoms with E-state index in [1.165, 1.54) is 0 Å². The Bertz CT molecular complexity index is 479. The van der Waals surface area contributed by atoms with Crippen molar-refractivity contribution in [1.29, 1.82) is 0 Å². The maximum Gasteiger partial charge on any atom is 0.317 e. The lowest BCUT2D eigenvalue weighted by Crippen LogP contribution is -2.46. The molecule has 3 aliphatic rings. The van der Waals surface area contributed by atoms with Gasteiger partial charge < -0.3 is 9.47 Å². The molecule has 20 heavy (non-hydrogen) atoms. The average molecular weight is 274 g/mol. The molecule has 4 rings (SSSR count). The van der Waals surface area contributed by atoms with Crippen LogP contribution in [0, 0.1) is 10.8 Å². The number of rotatable bonds is 3. The molecule has 3 aliphatic carbocycles. The number of ether oxygens (including phenoxy) is 2. The molecular weight excluding hydrogens is 252 g/mol. The van der Waals surface area contributed by atoms with E-state index in [0.717, 1.165) is 44.3 Å². The number of carbonyl (C=O) groups excluding carboxylic acids is 1. The molecule has 0 aromatic heterocycles. The number of methoxy groups -OCH3 is 1. The third-order valence-corrected chi connectivity index (χ3v) is 5.32. The SMILES string of the molecule is COc1ccc(OC(=O)C23CCC(C)(CC2)CC3)cc1. The lowest BCUT2D eigenvalue weighted by molar-refractivity contribution is -0.155. The zero-order valence-corrected chi connectivity index (χ0v) is 12.3. The highest BCUT2D eigenvalue weighted by atomic mass is 16.5. The van der Waals surface area contributed by atoms with E-state index < -0.39 is 0 Å². The van der Waals surface area contributed by atoms with Crippen molar-refractivity contribution in [2.45, 2.75) is 45.4 Å². The van der Waals surface area contributed by atoms with Gasteiger partial charge in [0.25, 0.3) is 0 Å². The number of hydrogen-bond donors (Lipinski definition) is 0. The summed E-state index contributed by atoms with van der Waals surface area (Å²) in [6.07, 6.45) is 6.43. The molecule has 3 heteroatoms. The Morgan fingerprint density at radius 2 is 1.45 bits per heavy atom. The van der Waals surface area contributed by atoms with E-state index in [1.54, 1.807) is 19.2 Å². The third kappa shape index (κ3) is 2.30. The highest BCUT2D eigenvalue weighted by molar-refractivity contribution is 5.79. The van der Waals surface area contributed by atoms with Crippen molar-refractivity contribution in [2.75, 3.05) is 7.11 Å². The smallest absolute Gasteiger partial charge is 0.317 e. The van der Waals surface area contributed by atoms with Gasteiger partial charge in [0.05, 0.1) is 12.5 Å². The zero-order chi connectivity index (χ0) is 14.2. The van der Waals surface area contributed by atoms with Crippen molar-refractivity contribution in [3.05, 3.63) is 24.3 Å². The van der Waals surface area contributed by atoms with Crippen LogP contribution in [-0.2, 0) is 4.79 Å². The molecule has 0 amide bonds. The Balaban J connectivity index is 1.70. The van der Waals surface area contributed by atoms with Gasteiger partial charge in [-0.1, -0.05) is 6.92 Å². The van der Waals surface area contributed by atoms with Crippen LogP contribution in [0.4, 0.5) is 0 Å².